The first-order chi connectivity index (χ1) is 9.36. The number of rotatable bonds is 2. The fourth-order valence-corrected chi connectivity index (χ4v) is 2.78. The molecule has 0 bridgehead atoms. The molecule has 0 aromatic heterocycles. The molecule has 2 unspecified atom stereocenters. The van der Waals surface area contributed by atoms with Crippen molar-refractivity contribution in [2.75, 3.05) is 13.1 Å². The van der Waals surface area contributed by atoms with Gasteiger partial charge in [-0.1, -0.05) is 18.5 Å². The van der Waals surface area contributed by atoms with Gasteiger partial charge in [0.1, 0.15) is 0 Å². The number of halogens is 1. The van der Waals surface area contributed by atoms with Crippen LogP contribution in [0.2, 0.25) is 5.02 Å². The number of carbonyl (C=O) groups is 1. The van der Waals surface area contributed by atoms with Gasteiger partial charge in [0.2, 0.25) is 0 Å². The number of nitro benzene ring substituents is 1. The monoisotopic (exact) mass is 297 g/mol. The first kappa shape index (κ1) is 14.7. The molecule has 20 heavy (non-hydrogen) atoms. The van der Waals surface area contributed by atoms with E-state index in [0.29, 0.717) is 19.0 Å². The van der Waals surface area contributed by atoms with Crippen molar-refractivity contribution in [1.29, 1.82) is 0 Å². The Morgan fingerprint density at radius 1 is 1.45 bits per heavy atom. The summed E-state index contributed by atoms with van der Waals surface area (Å²) >= 11 is 5.83. The quantitative estimate of drug-likeness (QED) is 0.668. The average Bonchev–Trinajstić information content (AvgIpc) is 2.35. The molecule has 2 atom stereocenters. The summed E-state index contributed by atoms with van der Waals surface area (Å²) in [6, 6.07) is 3.86. The van der Waals surface area contributed by atoms with Gasteiger partial charge in [0, 0.05) is 41.9 Å². The van der Waals surface area contributed by atoms with Crippen molar-refractivity contribution >= 4 is 23.2 Å². The number of likely N-dealkylation sites (tertiary alicyclic amines) is 1. The molecule has 1 saturated heterocycles. The van der Waals surface area contributed by atoms with Crippen LogP contribution in [-0.4, -0.2) is 34.9 Å². The zero-order valence-corrected chi connectivity index (χ0v) is 11.8. The van der Waals surface area contributed by atoms with Crippen LogP contribution in [0.3, 0.4) is 0 Å². The Morgan fingerprint density at radius 3 is 2.75 bits per heavy atom. The lowest BCUT2D eigenvalue weighted by Gasteiger charge is -2.34. The lowest BCUT2D eigenvalue weighted by molar-refractivity contribution is -0.384. The number of hydrogen-bond donors (Lipinski definition) is 1. The number of benzene rings is 1. The molecule has 1 fully saturated rings. The van der Waals surface area contributed by atoms with Gasteiger partial charge in [0.05, 0.1) is 4.92 Å². The maximum absolute atomic E-state index is 12.4. The smallest absolute Gasteiger partial charge is 0.271 e. The molecule has 0 radical (unpaired) electrons. The van der Waals surface area contributed by atoms with Crippen molar-refractivity contribution in [3.63, 3.8) is 0 Å². The lowest BCUT2D eigenvalue weighted by Crippen LogP contribution is -2.48. The second-order valence-corrected chi connectivity index (χ2v) is 5.70. The molecule has 1 aliphatic rings. The van der Waals surface area contributed by atoms with Crippen molar-refractivity contribution < 1.29 is 9.72 Å². The highest BCUT2D eigenvalue weighted by Crippen LogP contribution is 2.23. The van der Waals surface area contributed by atoms with Gasteiger partial charge in [-0.15, -0.1) is 0 Å². The maximum Gasteiger partial charge on any atom is 0.271 e. The van der Waals surface area contributed by atoms with Crippen LogP contribution in [0.25, 0.3) is 0 Å². The van der Waals surface area contributed by atoms with Gasteiger partial charge in [-0.2, -0.15) is 0 Å². The molecule has 0 saturated carbocycles. The molecule has 1 heterocycles. The zero-order chi connectivity index (χ0) is 14.9. The van der Waals surface area contributed by atoms with Crippen LogP contribution in [0, 0.1) is 16.0 Å². The second kappa shape index (κ2) is 5.76. The van der Waals surface area contributed by atoms with Gasteiger partial charge in [-0.3, -0.25) is 14.9 Å². The number of carbonyl (C=O) groups excluding carboxylic acids is 1. The third-order valence-electron chi connectivity index (χ3n) is 3.32. The SMILES string of the molecule is CC1CC(N)CN(C(=O)c2cc(Cl)cc([N+](=O)[O-])c2)C1. The van der Waals surface area contributed by atoms with Crippen LogP contribution < -0.4 is 5.73 Å². The van der Waals surface area contributed by atoms with Crippen LogP contribution in [-0.2, 0) is 0 Å². The molecule has 1 aromatic carbocycles. The van der Waals surface area contributed by atoms with Crippen LogP contribution in [0.1, 0.15) is 23.7 Å². The van der Waals surface area contributed by atoms with Crippen LogP contribution >= 0.6 is 11.6 Å². The Labute approximate surface area is 121 Å². The number of piperidine rings is 1. The van der Waals surface area contributed by atoms with E-state index in [2.05, 4.69) is 0 Å². The molecule has 7 heteroatoms. The first-order valence-corrected chi connectivity index (χ1v) is 6.74. The Morgan fingerprint density at radius 2 is 2.15 bits per heavy atom. The Bertz CT molecular complexity index is 540. The summed E-state index contributed by atoms with van der Waals surface area (Å²) in [6.07, 6.45) is 0.874. The highest BCUT2D eigenvalue weighted by molar-refractivity contribution is 6.31. The Hall–Kier alpha value is -1.66. The van der Waals surface area contributed by atoms with E-state index in [-0.39, 0.29) is 28.2 Å². The maximum atomic E-state index is 12.4. The molecule has 108 valence electrons. The number of amides is 1. The number of nitrogens with zero attached hydrogens (tertiary/aromatic N) is 2. The van der Waals surface area contributed by atoms with Crippen LogP contribution in [0.5, 0.6) is 0 Å². The molecule has 0 spiro atoms. The summed E-state index contributed by atoms with van der Waals surface area (Å²) in [4.78, 5) is 24.3. The Kier molecular flexibility index (Phi) is 4.25. The first-order valence-electron chi connectivity index (χ1n) is 6.36. The summed E-state index contributed by atoms with van der Waals surface area (Å²) in [7, 11) is 0. The van der Waals surface area contributed by atoms with Crippen molar-refractivity contribution in [3.05, 3.63) is 38.9 Å². The molecular formula is C13H16ClN3O3. The fourth-order valence-electron chi connectivity index (χ4n) is 2.55. The molecule has 2 N–H and O–H groups in total. The van der Waals surface area contributed by atoms with Gasteiger partial charge in [-0.25, -0.2) is 0 Å². The van der Waals surface area contributed by atoms with Gasteiger partial charge in [-0.05, 0) is 18.4 Å². The van der Waals surface area contributed by atoms with Gasteiger partial charge < -0.3 is 10.6 Å². The summed E-state index contributed by atoms with van der Waals surface area (Å²) in [5.41, 5.74) is 5.95. The second-order valence-electron chi connectivity index (χ2n) is 5.27. The molecule has 0 aliphatic carbocycles. The van der Waals surface area contributed by atoms with Crippen LogP contribution in [0.4, 0.5) is 5.69 Å². The zero-order valence-electron chi connectivity index (χ0n) is 11.1. The predicted molar refractivity (Wildman–Crippen MR) is 75.8 cm³/mol. The topological polar surface area (TPSA) is 89.5 Å². The van der Waals surface area contributed by atoms with E-state index < -0.39 is 4.92 Å². The van der Waals surface area contributed by atoms with Crippen molar-refractivity contribution in [2.24, 2.45) is 11.7 Å². The summed E-state index contributed by atoms with van der Waals surface area (Å²) in [6.45, 7) is 3.09. The number of nitrogens with two attached hydrogens (primary N) is 1. The molecule has 1 amide bonds. The van der Waals surface area contributed by atoms with Gasteiger partial charge in [0.25, 0.3) is 11.6 Å². The van der Waals surface area contributed by atoms with Crippen molar-refractivity contribution in [2.45, 2.75) is 19.4 Å². The number of nitro groups is 1. The van der Waals surface area contributed by atoms with E-state index in [0.717, 1.165) is 6.42 Å². The third-order valence-corrected chi connectivity index (χ3v) is 3.54. The van der Waals surface area contributed by atoms with E-state index in [9.17, 15) is 14.9 Å². The molecule has 6 nitrogen and oxygen atoms in total. The number of hydrogen-bond acceptors (Lipinski definition) is 4. The van der Waals surface area contributed by atoms with E-state index >= 15 is 0 Å². The minimum Gasteiger partial charge on any atom is -0.337 e. The minimum atomic E-state index is -0.562. The summed E-state index contributed by atoms with van der Waals surface area (Å²) < 4.78 is 0. The highest BCUT2D eigenvalue weighted by atomic mass is 35.5. The fraction of sp³-hybridized carbons (Fsp3) is 0.462. The standard InChI is InChI=1S/C13H16ClN3O3/c1-8-2-11(15)7-16(6-8)13(18)9-3-10(14)5-12(4-9)17(19)20/h3-5,8,11H,2,6-7,15H2,1H3. The highest BCUT2D eigenvalue weighted by Gasteiger charge is 2.27. The number of non-ortho nitro benzene ring substituents is 1. The van der Waals surface area contributed by atoms with E-state index in [1.807, 2.05) is 6.92 Å². The third kappa shape index (κ3) is 3.26. The van der Waals surface area contributed by atoms with Gasteiger partial charge in [0.15, 0.2) is 0 Å². The molecule has 2 rings (SSSR count). The lowest BCUT2D eigenvalue weighted by atomic mass is 9.96. The Balaban J connectivity index is 2.26. The largest absolute Gasteiger partial charge is 0.337 e. The van der Waals surface area contributed by atoms with Crippen molar-refractivity contribution in [1.82, 2.24) is 4.90 Å². The predicted octanol–water partition coefficient (Wildman–Crippen LogP) is 2.06. The van der Waals surface area contributed by atoms with E-state index in [1.54, 1.807) is 4.90 Å². The van der Waals surface area contributed by atoms with E-state index in [4.69, 9.17) is 17.3 Å². The molecular weight excluding hydrogens is 282 g/mol. The molecule has 1 aliphatic heterocycles. The van der Waals surface area contributed by atoms with Gasteiger partial charge >= 0.3 is 0 Å². The normalized spacial score (nSPS) is 22.6. The summed E-state index contributed by atoms with van der Waals surface area (Å²) in [5, 5.41) is 11.0. The van der Waals surface area contributed by atoms with E-state index in [1.165, 1.54) is 18.2 Å². The summed E-state index contributed by atoms with van der Waals surface area (Å²) in [5.74, 6) is 0.0504. The van der Waals surface area contributed by atoms with Crippen LogP contribution in [0.15, 0.2) is 18.2 Å². The molecule has 1 aromatic rings. The minimum absolute atomic E-state index is 0.0585. The average molecular weight is 298 g/mol. The van der Waals surface area contributed by atoms with Crippen molar-refractivity contribution in [3.8, 4) is 0 Å².